The molecule has 0 radical (unpaired) electrons. The van der Waals surface area contributed by atoms with Gasteiger partial charge < -0.3 is 5.32 Å². The van der Waals surface area contributed by atoms with Gasteiger partial charge in [0.05, 0.1) is 5.56 Å². The van der Waals surface area contributed by atoms with E-state index in [1.807, 2.05) is 18.2 Å². The van der Waals surface area contributed by atoms with Crippen LogP contribution in [0.25, 0.3) is 0 Å². The summed E-state index contributed by atoms with van der Waals surface area (Å²) in [5.41, 5.74) is 3.08. The maximum atomic E-state index is 12.1. The molecule has 0 saturated carbocycles. The number of halogens is 1. The number of hydrogen-bond donors (Lipinski definition) is 1. The predicted octanol–water partition coefficient (Wildman–Crippen LogP) is 4.50. The Labute approximate surface area is 128 Å². The minimum Gasteiger partial charge on any atom is -0.348 e. The van der Waals surface area contributed by atoms with Crippen molar-refractivity contribution >= 4 is 21.8 Å². The van der Waals surface area contributed by atoms with E-state index in [0.29, 0.717) is 18.0 Å². The molecule has 3 heteroatoms. The topological polar surface area (TPSA) is 29.1 Å². The summed E-state index contributed by atoms with van der Waals surface area (Å²) in [5, 5.41) is 2.94. The number of amides is 1. The maximum absolute atomic E-state index is 12.1. The Morgan fingerprint density at radius 3 is 2.35 bits per heavy atom. The third-order valence-electron chi connectivity index (χ3n) is 3.22. The first-order chi connectivity index (χ1) is 9.58. The third kappa shape index (κ3) is 3.70. The van der Waals surface area contributed by atoms with Crippen LogP contribution in [0.4, 0.5) is 0 Å². The van der Waals surface area contributed by atoms with E-state index >= 15 is 0 Å². The molecule has 2 rings (SSSR count). The van der Waals surface area contributed by atoms with E-state index in [9.17, 15) is 4.79 Å². The van der Waals surface area contributed by atoms with E-state index < -0.39 is 0 Å². The molecule has 2 nitrogen and oxygen atoms in total. The minimum atomic E-state index is -0.0644. The van der Waals surface area contributed by atoms with Crippen molar-refractivity contribution in [3.8, 4) is 0 Å². The van der Waals surface area contributed by atoms with Gasteiger partial charge in [-0.2, -0.15) is 0 Å². The van der Waals surface area contributed by atoms with Gasteiger partial charge in [0, 0.05) is 11.0 Å². The molecule has 1 N–H and O–H groups in total. The smallest absolute Gasteiger partial charge is 0.252 e. The molecule has 0 saturated heterocycles. The van der Waals surface area contributed by atoms with Gasteiger partial charge >= 0.3 is 0 Å². The normalized spacial score (nSPS) is 10.6. The molecule has 0 atom stereocenters. The number of carbonyl (C=O) groups excluding carboxylic acids is 1. The van der Waals surface area contributed by atoms with E-state index in [4.69, 9.17) is 0 Å². The molecule has 0 unspecified atom stereocenters. The van der Waals surface area contributed by atoms with Gasteiger partial charge in [-0.1, -0.05) is 50.2 Å². The van der Waals surface area contributed by atoms with E-state index in [0.717, 1.165) is 10.0 Å². The summed E-state index contributed by atoms with van der Waals surface area (Å²) in [4.78, 5) is 12.1. The van der Waals surface area contributed by atoms with Crippen LogP contribution in [0.3, 0.4) is 0 Å². The zero-order valence-electron chi connectivity index (χ0n) is 11.7. The summed E-state index contributed by atoms with van der Waals surface area (Å²) in [6, 6.07) is 15.8. The fourth-order valence-corrected chi connectivity index (χ4v) is 2.41. The van der Waals surface area contributed by atoms with Gasteiger partial charge in [0.2, 0.25) is 0 Å². The Kier molecular flexibility index (Phi) is 4.96. The van der Waals surface area contributed by atoms with Gasteiger partial charge in [0.25, 0.3) is 5.91 Å². The van der Waals surface area contributed by atoms with Crippen molar-refractivity contribution in [1.82, 2.24) is 5.32 Å². The monoisotopic (exact) mass is 331 g/mol. The maximum Gasteiger partial charge on any atom is 0.252 e. The van der Waals surface area contributed by atoms with Crippen LogP contribution in [-0.4, -0.2) is 5.91 Å². The number of benzene rings is 2. The Morgan fingerprint density at radius 2 is 1.75 bits per heavy atom. The second kappa shape index (κ2) is 6.71. The average Bonchev–Trinajstić information content (AvgIpc) is 2.45. The predicted molar refractivity (Wildman–Crippen MR) is 85.8 cm³/mol. The SMILES string of the molecule is CC(C)c1ccc(CNC(=O)c2ccccc2Br)cc1. The molecule has 20 heavy (non-hydrogen) atoms. The molecule has 0 aliphatic carbocycles. The zero-order valence-corrected chi connectivity index (χ0v) is 13.3. The number of carbonyl (C=O) groups is 1. The van der Waals surface area contributed by atoms with Crippen LogP contribution in [0, 0.1) is 0 Å². The number of hydrogen-bond acceptors (Lipinski definition) is 1. The van der Waals surface area contributed by atoms with Crippen LogP contribution >= 0.6 is 15.9 Å². The fourth-order valence-electron chi connectivity index (χ4n) is 1.94. The standard InChI is InChI=1S/C17H18BrNO/c1-12(2)14-9-7-13(8-10-14)11-19-17(20)15-5-3-4-6-16(15)18/h3-10,12H,11H2,1-2H3,(H,19,20). The van der Waals surface area contributed by atoms with Crippen molar-refractivity contribution in [2.24, 2.45) is 0 Å². The van der Waals surface area contributed by atoms with Crippen LogP contribution in [0.2, 0.25) is 0 Å². The molecule has 0 fully saturated rings. The first kappa shape index (κ1) is 14.8. The number of rotatable bonds is 4. The van der Waals surface area contributed by atoms with E-state index in [-0.39, 0.29) is 5.91 Å². The van der Waals surface area contributed by atoms with Gasteiger partial charge in [-0.15, -0.1) is 0 Å². The van der Waals surface area contributed by atoms with Gasteiger partial charge in [-0.05, 0) is 45.1 Å². The van der Waals surface area contributed by atoms with E-state index in [1.165, 1.54) is 5.56 Å². The molecule has 104 valence electrons. The lowest BCUT2D eigenvalue weighted by atomic mass is 10.0. The molecule has 0 aliphatic rings. The highest BCUT2D eigenvalue weighted by molar-refractivity contribution is 9.10. The molecule has 1 amide bonds. The van der Waals surface area contributed by atoms with Crippen molar-refractivity contribution in [3.05, 3.63) is 69.7 Å². The Hall–Kier alpha value is -1.61. The highest BCUT2D eigenvalue weighted by atomic mass is 79.9. The van der Waals surface area contributed by atoms with Crippen molar-refractivity contribution < 1.29 is 4.79 Å². The number of nitrogens with one attached hydrogen (secondary N) is 1. The van der Waals surface area contributed by atoms with Crippen LogP contribution in [0.5, 0.6) is 0 Å². The van der Waals surface area contributed by atoms with Gasteiger partial charge in [-0.3, -0.25) is 4.79 Å². The van der Waals surface area contributed by atoms with Gasteiger partial charge in [0.1, 0.15) is 0 Å². The molecule has 0 bridgehead atoms. The van der Waals surface area contributed by atoms with Crippen molar-refractivity contribution in [2.45, 2.75) is 26.3 Å². The molecule has 0 aromatic heterocycles. The van der Waals surface area contributed by atoms with Crippen molar-refractivity contribution in [2.75, 3.05) is 0 Å². The lowest BCUT2D eigenvalue weighted by molar-refractivity contribution is 0.0950. The summed E-state index contributed by atoms with van der Waals surface area (Å²) in [6.45, 7) is 4.88. The molecular weight excluding hydrogens is 314 g/mol. The molecule has 0 heterocycles. The Morgan fingerprint density at radius 1 is 1.10 bits per heavy atom. The second-order valence-electron chi connectivity index (χ2n) is 5.06. The van der Waals surface area contributed by atoms with E-state index in [1.54, 1.807) is 6.07 Å². The largest absolute Gasteiger partial charge is 0.348 e. The quantitative estimate of drug-likeness (QED) is 0.877. The molecular formula is C17H18BrNO. The summed E-state index contributed by atoms with van der Waals surface area (Å²) >= 11 is 3.39. The zero-order chi connectivity index (χ0) is 14.5. The molecule has 0 spiro atoms. The molecule has 2 aromatic rings. The fraction of sp³-hybridized carbons (Fsp3) is 0.235. The third-order valence-corrected chi connectivity index (χ3v) is 3.91. The highest BCUT2D eigenvalue weighted by Gasteiger charge is 2.08. The first-order valence-electron chi connectivity index (χ1n) is 6.69. The second-order valence-corrected chi connectivity index (χ2v) is 5.91. The van der Waals surface area contributed by atoms with Crippen molar-refractivity contribution in [3.63, 3.8) is 0 Å². The molecule has 2 aromatic carbocycles. The lowest BCUT2D eigenvalue weighted by Gasteiger charge is -2.09. The lowest BCUT2D eigenvalue weighted by Crippen LogP contribution is -2.23. The van der Waals surface area contributed by atoms with E-state index in [2.05, 4.69) is 59.4 Å². The summed E-state index contributed by atoms with van der Waals surface area (Å²) in [7, 11) is 0. The Balaban J connectivity index is 1.98. The average molecular weight is 332 g/mol. The van der Waals surface area contributed by atoms with Crippen molar-refractivity contribution in [1.29, 1.82) is 0 Å². The van der Waals surface area contributed by atoms with Crippen LogP contribution < -0.4 is 5.32 Å². The van der Waals surface area contributed by atoms with Gasteiger partial charge in [-0.25, -0.2) is 0 Å². The van der Waals surface area contributed by atoms with Gasteiger partial charge in [0.15, 0.2) is 0 Å². The molecule has 0 aliphatic heterocycles. The van der Waals surface area contributed by atoms with Crippen LogP contribution in [0.15, 0.2) is 53.0 Å². The Bertz CT molecular complexity index is 590. The summed E-state index contributed by atoms with van der Waals surface area (Å²) in [5.74, 6) is 0.462. The summed E-state index contributed by atoms with van der Waals surface area (Å²) < 4.78 is 0.813. The van der Waals surface area contributed by atoms with Crippen LogP contribution in [-0.2, 0) is 6.54 Å². The minimum absolute atomic E-state index is 0.0644. The summed E-state index contributed by atoms with van der Waals surface area (Å²) in [6.07, 6.45) is 0. The first-order valence-corrected chi connectivity index (χ1v) is 7.49. The van der Waals surface area contributed by atoms with Crippen LogP contribution in [0.1, 0.15) is 41.3 Å². The highest BCUT2D eigenvalue weighted by Crippen LogP contribution is 2.16.